The predicted octanol–water partition coefficient (Wildman–Crippen LogP) is 4.29. The minimum absolute atomic E-state index is 0.901. The molecule has 100 valence electrons. The summed E-state index contributed by atoms with van der Waals surface area (Å²) in [5, 5.41) is 9.71. The van der Waals surface area contributed by atoms with Gasteiger partial charge in [-0.2, -0.15) is 5.10 Å². The maximum absolute atomic E-state index is 4.40. The molecule has 4 aromatic rings. The monoisotopic (exact) mass is 271 g/mol. The number of rotatable bonds is 2. The minimum Gasteiger partial charge on any atom is -0.276 e. The van der Waals surface area contributed by atoms with Crippen molar-refractivity contribution < 1.29 is 0 Å². The van der Waals surface area contributed by atoms with E-state index in [1.807, 2.05) is 24.4 Å². The van der Waals surface area contributed by atoms with Crippen LogP contribution in [0.1, 0.15) is 0 Å². The molecule has 0 unspecified atom stereocenters. The molecule has 2 aromatic heterocycles. The molecule has 3 heteroatoms. The van der Waals surface area contributed by atoms with Gasteiger partial charge >= 0.3 is 0 Å². The predicted molar refractivity (Wildman–Crippen MR) is 84.8 cm³/mol. The highest BCUT2D eigenvalue weighted by atomic mass is 15.1. The summed E-state index contributed by atoms with van der Waals surface area (Å²) in [4.78, 5) is 4.40. The van der Waals surface area contributed by atoms with Gasteiger partial charge in [0.2, 0.25) is 0 Å². The molecule has 0 spiro atoms. The Morgan fingerprint density at radius 2 is 1.67 bits per heavy atom. The normalized spacial score (nSPS) is 10.9. The van der Waals surface area contributed by atoms with Crippen molar-refractivity contribution in [3.63, 3.8) is 0 Å². The lowest BCUT2D eigenvalue weighted by Gasteiger charge is -2.05. The Balaban J connectivity index is 1.88. The van der Waals surface area contributed by atoms with Crippen molar-refractivity contribution in [2.45, 2.75) is 0 Å². The van der Waals surface area contributed by atoms with Gasteiger partial charge in [-0.25, -0.2) is 0 Å². The first-order chi connectivity index (χ1) is 10.4. The van der Waals surface area contributed by atoms with Gasteiger partial charge in [0.25, 0.3) is 0 Å². The van der Waals surface area contributed by atoms with Gasteiger partial charge in [0.15, 0.2) is 0 Å². The Labute approximate surface area is 122 Å². The molecule has 0 amide bonds. The van der Waals surface area contributed by atoms with Crippen LogP contribution in [0.15, 0.2) is 73.1 Å². The maximum Gasteiger partial charge on any atom is 0.0912 e. The molecule has 3 nitrogen and oxygen atoms in total. The van der Waals surface area contributed by atoms with Crippen LogP contribution in [0.2, 0.25) is 0 Å². The number of nitrogens with one attached hydrogen (secondary N) is 1. The zero-order valence-electron chi connectivity index (χ0n) is 11.3. The lowest BCUT2D eigenvalue weighted by Crippen LogP contribution is -1.86. The number of hydrogen-bond donors (Lipinski definition) is 1. The van der Waals surface area contributed by atoms with Gasteiger partial charge in [0.05, 0.1) is 17.6 Å². The van der Waals surface area contributed by atoms with Crippen molar-refractivity contribution in [3.8, 4) is 22.5 Å². The highest BCUT2D eigenvalue weighted by molar-refractivity contribution is 5.89. The lowest BCUT2D eigenvalue weighted by molar-refractivity contribution is 1.09. The summed E-state index contributed by atoms with van der Waals surface area (Å²) in [6.07, 6.45) is 3.65. The highest BCUT2D eigenvalue weighted by Crippen LogP contribution is 2.30. The van der Waals surface area contributed by atoms with Crippen LogP contribution < -0.4 is 0 Å². The zero-order chi connectivity index (χ0) is 14.1. The van der Waals surface area contributed by atoms with Gasteiger partial charge < -0.3 is 0 Å². The molecule has 2 aromatic carbocycles. The molecule has 1 N–H and O–H groups in total. The summed E-state index contributed by atoms with van der Waals surface area (Å²) in [5.41, 5.74) is 4.06. The van der Waals surface area contributed by atoms with E-state index in [9.17, 15) is 0 Å². The average molecular weight is 271 g/mol. The third-order valence-corrected chi connectivity index (χ3v) is 3.62. The number of hydrogen-bond acceptors (Lipinski definition) is 2. The van der Waals surface area contributed by atoms with E-state index in [1.165, 1.54) is 10.8 Å². The molecule has 4 rings (SSSR count). The number of aromatic nitrogens is 3. The first-order valence-corrected chi connectivity index (χ1v) is 6.86. The Hall–Kier alpha value is -2.94. The Bertz CT molecular complexity index is 894. The van der Waals surface area contributed by atoms with Gasteiger partial charge in [-0.05, 0) is 34.5 Å². The van der Waals surface area contributed by atoms with Gasteiger partial charge in [-0.1, -0.05) is 42.5 Å². The molecule has 0 atom stereocenters. The second-order valence-corrected chi connectivity index (χ2v) is 4.94. The van der Waals surface area contributed by atoms with E-state index in [0.29, 0.717) is 0 Å². The molecular formula is C18H13N3. The SMILES string of the molecule is c1ccc(-c2[nH]ncc2-c2ccc3ccccc3c2)nc1. The summed E-state index contributed by atoms with van der Waals surface area (Å²) in [6, 6.07) is 20.7. The summed E-state index contributed by atoms with van der Waals surface area (Å²) in [7, 11) is 0. The van der Waals surface area contributed by atoms with E-state index in [1.54, 1.807) is 6.20 Å². The standard InChI is InChI=1S/C18H13N3/c1-2-6-14-11-15(9-8-13(14)5-1)16-12-20-21-18(16)17-7-3-4-10-19-17/h1-12H,(H,20,21). The van der Waals surface area contributed by atoms with Crippen LogP contribution in [-0.4, -0.2) is 15.2 Å². The Morgan fingerprint density at radius 3 is 2.52 bits per heavy atom. The summed E-state index contributed by atoms with van der Waals surface area (Å²) in [5.74, 6) is 0. The topological polar surface area (TPSA) is 41.6 Å². The van der Waals surface area contributed by atoms with Crippen molar-refractivity contribution >= 4 is 10.8 Å². The summed E-state index contributed by atoms with van der Waals surface area (Å²) < 4.78 is 0. The fourth-order valence-corrected chi connectivity index (χ4v) is 2.57. The maximum atomic E-state index is 4.40. The quantitative estimate of drug-likeness (QED) is 0.591. The summed E-state index contributed by atoms with van der Waals surface area (Å²) >= 11 is 0. The Kier molecular flexibility index (Phi) is 2.75. The van der Waals surface area contributed by atoms with Crippen molar-refractivity contribution in [3.05, 3.63) is 73.1 Å². The van der Waals surface area contributed by atoms with E-state index in [0.717, 1.165) is 22.5 Å². The van der Waals surface area contributed by atoms with Crippen LogP contribution in [0.4, 0.5) is 0 Å². The molecule has 0 radical (unpaired) electrons. The molecule has 0 aliphatic heterocycles. The third kappa shape index (κ3) is 2.09. The molecule has 21 heavy (non-hydrogen) atoms. The van der Waals surface area contributed by atoms with Crippen molar-refractivity contribution in [1.29, 1.82) is 0 Å². The average Bonchev–Trinajstić information content (AvgIpc) is 3.05. The van der Waals surface area contributed by atoms with E-state index in [4.69, 9.17) is 0 Å². The molecular weight excluding hydrogens is 258 g/mol. The number of aromatic amines is 1. The number of fused-ring (bicyclic) bond motifs is 1. The van der Waals surface area contributed by atoms with Crippen LogP contribution in [0, 0.1) is 0 Å². The number of H-pyrrole nitrogens is 1. The first-order valence-electron chi connectivity index (χ1n) is 6.86. The van der Waals surface area contributed by atoms with Crippen LogP contribution in [-0.2, 0) is 0 Å². The number of nitrogens with zero attached hydrogens (tertiary/aromatic N) is 2. The minimum atomic E-state index is 0.901. The van der Waals surface area contributed by atoms with Gasteiger partial charge in [-0.3, -0.25) is 10.1 Å². The van der Waals surface area contributed by atoms with Crippen LogP contribution in [0.25, 0.3) is 33.3 Å². The summed E-state index contributed by atoms with van der Waals surface area (Å²) in [6.45, 7) is 0. The van der Waals surface area contributed by atoms with E-state index >= 15 is 0 Å². The number of pyridine rings is 1. The largest absolute Gasteiger partial charge is 0.276 e. The zero-order valence-corrected chi connectivity index (χ0v) is 11.3. The molecule has 2 heterocycles. The highest BCUT2D eigenvalue weighted by Gasteiger charge is 2.10. The molecule has 0 saturated heterocycles. The van der Waals surface area contributed by atoms with Gasteiger partial charge in [0, 0.05) is 11.8 Å². The molecule has 0 aliphatic rings. The fourth-order valence-electron chi connectivity index (χ4n) is 2.57. The lowest BCUT2D eigenvalue weighted by atomic mass is 10.0. The molecule has 0 fully saturated rings. The second-order valence-electron chi connectivity index (χ2n) is 4.94. The molecule has 0 saturated carbocycles. The molecule has 0 aliphatic carbocycles. The second kappa shape index (κ2) is 4.87. The number of benzene rings is 2. The van der Waals surface area contributed by atoms with Crippen molar-refractivity contribution in [1.82, 2.24) is 15.2 Å². The first kappa shape index (κ1) is 11.9. The smallest absolute Gasteiger partial charge is 0.0912 e. The van der Waals surface area contributed by atoms with Crippen LogP contribution >= 0.6 is 0 Å². The molecule has 0 bridgehead atoms. The van der Waals surface area contributed by atoms with Crippen molar-refractivity contribution in [2.24, 2.45) is 0 Å². The van der Waals surface area contributed by atoms with Gasteiger partial charge in [0.1, 0.15) is 0 Å². The van der Waals surface area contributed by atoms with E-state index in [2.05, 4.69) is 57.6 Å². The van der Waals surface area contributed by atoms with Gasteiger partial charge in [-0.15, -0.1) is 0 Å². The van der Waals surface area contributed by atoms with E-state index < -0.39 is 0 Å². The third-order valence-electron chi connectivity index (χ3n) is 3.62. The van der Waals surface area contributed by atoms with Crippen LogP contribution in [0.5, 0.6) is 0 Å². The van der Waals surface area contributed by atoms with Crippen LogP contribution in [0.3, 0.4) is 0 Å². The van der Waals surface area contributed by atoms with Crippen molar-refractivity contribution in [2.75, 3.05) is 0 Å². The Morgan fingerprint density at radius 1 is 0.810 bits per heavy atom. The van der Waals surface area contributed by atoms with E-state index in [-0.39, 0.29) is 0 Å². The fraction of sp³-hybridized carbons (Fsp3) is 0.